The smallest absolute Gasteiger partial charge is 0.185 e. The van der Waals surface area contributed by atoms with Crippen molar-refractivity contribution >= 4 is 5.69 Å². The maximum atomic E-state index is 9.37. The van der Waals surface area contributed by atoms with E-state index in [2.05, 4.69) is 4.90 Å². The lowest BCUT2D eigenvalue weighted by molar-refractivity contribution is -0.255. The zero-order chi connectivity index (χ0) is 22.0. The molecule has 0 radical (unpaired) electrons. The molecule has 172 valence electrons. The quantitative estimate of drug-likeness (QED) is 0.691. The monoisotopic (exact) mass is 440 g/mol. The third-order valence-corrected chi connectivity index (χ3v) is 6.69. The van der Waals surface area contributed by atoms with Gasteiger partial charge in [-0.15, -0.1) is 0 Å². The van der Waals surface area contributed by atoms with Gasteiger partial charge in [0.1, 0.15) is 0 Å². The summed E-state index contributed by atoms with van der Waals surface area (Å²) in [5, 5.41) is 9.37. The third-order valence-electron chi connectivity index (χ3n) is 6.69. The predicted octanol–water partition coefficient (Wildman–Crippen LogP) is 3.15. The number of nitrogen functional groups attached to an aromatic ring is 1. The lowest BCUT2D eigenvalue weighted by Crippen LogP contribution is -2.48. The van der Waals surface area contributed by atoms with Crippen LogP contribution in [0.3, 0.4) is 0 Å². The number of piperidine rings is 1. The second-order valence-electron chi connectivity index (χ2n) is 8.93. The molecule has 2 aromatic carbocycles. The number of nitrogens with two attached hydrogens (primary N) is 1. The molecule has 32 heavy (non-hydrogen) atoms. The van der Waals surface area contributed by atoms with Crippen LogP contribution in [0.15, 0.2) is 48.5 Å². The van der Waals surface area contributed by atoms with Crippen LogP contribution in [-0.2, 0) is 25.6 Å². The minimum Gasteiger partial charge on any atom is -0.399 e. The molecule has 7 nitrogen and oxygen atoms in total. The Bertz CT molecular complexity index is 889. The van der Waals surface area contributed by atoms with Crippen molar-refractivity contribution in [3.8, 4) is 0 Å². The van der Waals surface area contributed by atoms with Crippen LogP contribution < -0.4 is 5.73 Å². The number of hydrogen-bond donors (Lipinski definition) is 2. The van der Waals surface area contributed by atoms with Crippen LogP contribution in [0.5, 0.6) is 0 Å². The molecule has 1 spiro atoms. The van der Waals surface area contributed by atoms with E-state index in [1.54, 1.807) is 0 Å². The number of likely N-dealkylation sites (tertiary alicyclic amines) is 1. The fraction of sp³-hybridized carbons (Fsp3) is 0.520. The standard InChI is InChI=1S/C25H32N2O5/c26-21-3-1-2-20(14-21)24-31-22(15-23(32-24)19-6-4-18(17-28)5-7-19)16-27-10-8-25(9-11-27)29-12-13-30-25/h1-7,14,22-24,28H,8-13,15-17,26H2/t22-,23+,24+/m0/s1. The van der Waals surface area contributed by atoms with E-state index in [0.29, 0.717) is 18.9 Å². The molecular formula is C25H32N2O5. The van der Waals surface area contributed by atoms with Crippen LogP contribution in [0.2, 0.25) is 0 Å². The maximum absolute atomic E-state index is 9.37. The molecule has 0 amide bonds. The molecule has 3 heterocycles. The van der Waals surface area contributed by atoms with E-state index in [0.717, 1.165) is 55.6 Å². The zero-order valence-electron chi connectivity index (χ0n) is 18.3. The lowest BCUT2D eigenvalue weighted by Gasteiger charge is -2.41. The van der Waals surface area contributed by atoms with Crippen molar-refractivity contribution in [1.29, 1.82) is 0 Å². The SMILES string of the molecule is Nc1cccc([C@@H]2O[C@H](CN3CCC4(CC3)OCCO4)C[C@H](c3ccc(CO)cc3)O2)c1. The van der Waals surface area contributed by atoms with Gasteiger partial charge in [0.2, 0.25) is 0 Å². The molecular weight excluding hydrogens is 408 g/mol. The van der Waals surface area contributed by atoms with E-state index < -0.39 is 6.29 Å². The first-order valence-electron chi connectivity index (χ1n) is 11.5. The highest BCUT2D eigenvalue weighted by Crippen LogP contribution is 2.39. The van der Waals surface area contributed by atoms with E-state index in [1.807, 2.05) is 48.5 Å². The van der Waals surface area contributed by atoms with E-state index in [-0.39, 0.29) is 24.6 Å². The van der Waals surface area contributed by atoms with Gasteiger partial charge >= 0.3 is 0 Å². The number of rotatable bonds is 5. The van der Waals surface area contributed by atoms with Crippen molar-refractivity contribution < 1.29 is 24.1 Å². The number of ether oxygens (including phenoxy) is 4. The number of hydrogen-bond acceptors (Lipinski definition) is 7. The fourth-order valence-corrected chi connectivity index (χ4v) is 4.89. The number of anilines is 1. The summed E-state index contributed by atoms with van der Waals surface area (Å²) in [6, 6.07) is 15.7. The molecule has 0 bridgehead atoms. The first-order valence-corrected chi connectivity index (χ1v) is 11.5. The number of nitrogens with zero attached hydrogens (tertiary/aromatic N) is 1. The zero-order valence-corrected chi connectivity index (χ0v) is 18.3. The summed E-state index contributed by atoms with van der Waals surface area (Å²) in [5.74, 6) is -0.367. The summed E-state index contributed by atoms with van der Waals surface area (Å²) in [6.07, 6.45) is 2.01. The van der Waals surface area contributed by atoms with E-state index >= 15 is 0 Å². The maximum Gasteiger partial charge on any atom is 0.185 e. The van der Waals surface area contributed by atoms with Crippen LogP contribution in [0.4, 0.5) is 5.69 Å². The minimum atomic E-state index is -0.475. The third kappa shape index (κ3) is 4.83. The van der Waals surface area contributed by atoms with Gasteiger partial charge < -0.3 is 34.7 Å². The van der Waals surface area contributed by atoms with Gasteiger partial charge in [-0.3, -0.25) is 0 Å². The second-order valence-corrected chi connectivity index (χ2v) is 8.93. The van der Waals surface area contributed by atoms with Gasteiger partial charge in [-0.1, -0.05) is 36.4 Å². The Kier molecular flexibility index (Phi) is 6.46. The average Bonchev–Trinajstić information content (AvgIpc) is 3.29. The van der Waals surface area contributed by atoms with Gasteiger partial charge in [0.15, 0.2) is 12.1 Å². The Labute approximate surface area is 189 Å². The van der Waals surface area contributed by atoms with E-state index in [4.69, 9.17) is 24.7 Å². The highest BCUT2D eigenvalue weighted by atomic mass is 16.7. The number of benzene rings is 2. The fourth-order valence-electron chi connectivity index (χ4n) is 4.89. The minimum absolute atomic E-state index is 0.0252. The van der Waals surface area contributed by atoms with Gasteiger partial charge in [-0.25, -0.2) is 0 Å². The normalized spacial score (nSPS) is 28.2. The average molecular weight is 441 g/mol. The Morgan fingerprint density at radius 2 is 1.72 bits per heavy atom. The highest BCUT2D eigenvalue weighted by molar-refractivity contribution is 5.41. The van der Waals surface area contributed by atoms with Gasteiger partial charge in [0, 0.05) is 50.1 Å². The Morgan fingerprint density at radius 3 is 2.41 bits per heavy atom. The molecule has 3 N–H and O–H groups in total. The van der Waals surface area contributed by atoms with Gasteiger partial charge in [0.05, 0.1) is 32.0 Å². The summed E-state index contributed by atoms with van der Waals surface area (Å²) in [4.78, 5) is 2.44. The van der Waals surface area contributed by atoms with Crippen molar-refractivity contribution in [2.24, 2.45) is 0 Å². The molecule has 0 unspecified atom stereocenters. The van der Waals surface area contributed by atoms with Crippen LogP contribution in [0.25, 0.3) is 0 Å². The summed E-state index contributed by atoms with van der Waals surface area (Å²) in [6.45, 7) is 4.12. The molecule has 2 aromatic rings. The topological polar surface area (TPSA) is 86.4 Å². The molecule has 5 rings (SSSR count). The summed E-state index contributed by atoms with van der Waals surface area (Å²) >= 11 is 0. The summed E-state index contributed by atoms with van der Waals surface area (Å²) in [7, 11) is 0. The summed E-state index contributed by atoms with van der Waals surface area (Å²) < 4.78 is 24.5. The van der Waals surface area contributed by atoms with Gasteiger partial charge in [0.25, 0.3) is 0 Å². The molecule has 3 aliphatic heterocycles. The first-order chi connectivity index (χ1) is 15.6. The van der Waals surface area contributed by atoms with Gasteiger partial charge in [-0.2, -0.15) is 0 Å². The van der Waals surface area contributed by atoms with Crippen molar-refractivity contribution in [2.45, 2.75) is 50.2 Å². The molecule has 3 atom stereocenters. The molecule has 7 heteroatoms. The van der Waals surface area contributed by atoms with Crippen LogP contribution in [0, 0.1) is 0 Å². The molecule has 0 saturated carbocycles. The van der Waals surface area contributed by atoms with Crippen molar-refractivity contribution in [2.75, 3.05) is 38.6 Å². The lowest BCUT2D eigenvalue weighted by atomic mass is 9.98. The van der Waals surface area contributed by atoms with E-state index in [1.165, 1.54) is 0 Å². The summed E-state index contributed by atoms with van der Waals surface area (Å²) in [5.41, 5.74) is 9.62. The number of aliphatic hydroxyl groups is 1. The second kappa shape index (κ2) is 9.47. The molecule has 3 aliphatic rings. The molecule has 3 fully saturated rings. The van der Waals surface area contributed by atoms with Crippen molar-refractivity contribution in [3.63, 3.8) is 0 Å². The Morgan fingerprint density at radius 1 is 0.969 bits per heavy atom. The van der Waals surface area contributed by atoms with Crippen molar-refractivity contribution in [3.05, 3.63) is 65.2 Å². The predicted molar refractivity (Wildman–Crippen MR) is 120 cm³/mol. The largest absolute Gasteiger partial charge is 0.399 e. The van der Waals surface area contributed by atoms with Crippen LogP contribution in [0.1, 0.15) is 48.3 Å². The number of aliphatic hydroxyl groups excluding tert-OH is 1. The Balaban J connectivity index is 1.30. The molecule has 0 aromatic heterocycles. The van der Waals surface area contributed by atoms with Crippen molar-refractivity contribution in [1.82, 2.24) is 4.90 Å². The Hall–Kier alpha value is -2.00. The molecule has 0 aliphatic carbocycles. The van der Waals surface area contributed by atoms with Crippen LogP contribution >= 0.6 is 0 Å². The molecule has 3 saturated heterocycles. The highest BCUT2D eigenvalue weighted by Gasteiger charge is 2.41. The van der Waals surface area contributed by atoms with Gasteiger partial charge in [-0.05, 0) is 23.3 Å². The van der Waals surface area contributed by atoms with Crippen LogP contribution in [-0.4, -0.2) is 54.7 Å². The van der Waals surface area contributed by atoms with E-state index in [9.17, 15) is 5.11 Å². The first kappa shape index (κ1) is 21.8.